The summed E-state index contributed by atoms with van der Waals surface area (Å²) < 4.78 is 6.74. The molecule has 5 heteroatoms. The van der Waals surface area contributed by atoms with Gasteiger partial charge in [-0.15, -0.1) is 0 Å². The molecule has 0 radical (unpaired) electrons. The second-order valence-electron chi connectivity index (χ2n) is 11.9. The van der Waals surface area contributed by atoms with Gasteiger partial charge >= 0.3 is 0 Å². The molecule has 0 fully saturated rings. The molecular weight excluding hydrogens is 550 g/mol. The summed E-state index contributed by atoms with van der Waals surface area (Å²) in [5.41, 5.74) is 10.3. The third-order valence-corrected chi connectivity index (χ3v) is 8.77. The van der Waals surface area contributed by atoms with E-state index < -0.39 is 0 Å². The molecule has 0 saturated heterocycles. The van der Waals surface area contributed by atoms with E-state index in [1.54, 1.807) is 0 Å². The van der Waals surface area contributed by atoms with Crippen LogP contribution in [0.3, 0.4) is 0 Å². The number of hydrogen-bond acceptors (Lipinski definition) is 2. The molecule has 5 aromatic carbocycles. The number of fused-ring (bicyclic) bond motifs is 4. The molecule has 3 aromatic heterocycles. The summed E-state index contributed by atoms with van der Waals surface area (Å²) in [6.07, 6.45) is 4.08. The largest absolute Gasteiger partial charge is 0.309 e. The van der Waals surface area contributed by atoms with Crippen molar-refractivity contribution in [2.45, 2.75) is 19.8 Å². The van der Waals surface area contributed by atoms with Crippen molar-refractivity contribution in [3.8, 4) is 11.5 Å². The van der Waals surface area contributed by atoms with Crippen LogP contribution in [-0.2, 0) is 7.05 Å². The van der Waals surface area contributed by atoms with Gasteiger partial charge < -0.3 is 4.90 Å². The van der Waals surface area contributed by atoms with E-state index >= 15 is 0 Å². The number of benzene rings is 5. The molecule has 0 unspecified atom stereocenters. The highest BCUT2D eigenvalue weighted by atomic mass is 15.2. The molecule has 0 bridgehead atoms. The number of pyridine rings is 1. The monoisotopic (exact) mass is 584 g/mol. The highest BCUT2D eigenvalue weighted by Gasteiger charge is 2.20. The second kappa shape index (κ2) is 10.8. The lowest BCUT2D eigenvalue weighted by molar-refractivity contribution is 0.858. The average molecular weight is 585 g/mol. The number of aryl methyl sites for hydroxylation is 1. The number of anilines is 3. The maximum Gasteiger partial charge on any atom is 0.191 e. The molecule has 0 aliphatic rings. The Bertz CT molecular complexity index is 2330. The minimum atomic E-state index is 0.413. The molecule has 0 spiro atoms. The second-order valence-corrected chi connectivity index (χ2v) is 11.9. The van der Waals surface area contributed by atoms with Crippen LogP contribution < -0.4 is 4.90 Å². The van der Waals surface area contributed by atoms with Crippen molar-refractivity contribution in [2.24, 2.45) is 7.05 Å². The van der Waals surface area contributed by atoms with Crippen LogP contribution in [0.4, 0.5) is 17.1 Å². The standard InChI is InChI=1S/C40H34N5/c1-28(2)29-22-23-41-40(24-29)45-36-17-8-7-16-34(36)35-21-20-33(26-39(35)45)44(30-12-5-4-6-13-30)32-15-11-14-31(25-32)43-27-42(3)37-18-9-10-19-38(37)43/h4-28H,1-3H3/q+1. The third-order valence-electron chi connectivity index (χ3n) is 8.77. The fraction of sp³-hybridized carbons (Fsp3) is 0.100. The van der Waals surface area contributed by atoms with Crippen LogP contribution in [0.5, 0.6) is 0 Å². The van der Waals surface area contributed by atoms with Gasteiger partial charge in [0.1, 0.15) is 11.5 Å². The van der Waals surface area contributed by atoms with Crippen molar-refractivity contribution in [1.82, 2.24) is 18.7 Å². The van der Waals surface area contributed by atoms with Gasteiger partial charge in [0.05, 0.1) is 16.7 Å². The van der Waals surface area contributed by atoms with E-state index in [1.165, 1.54) is 27.4 Å². The highest BCUT2D eigenvalue weighted by Crippen LogP contribution is 2.40. The molecule has 3 heterocycles. The predicted octanol–water partition coefficient (Wildman–Crippen LogP) is 10.3. The van der Waals surface area contributed by atoms with Crippen LogP contribution in [0.25, 0.3) is 44.3 Å². The zero-order valence-electron chi connectivity index (χ0n) is 25.7. The van der Waals surface area contributed by atoms with E-state index in [2.05, 4.69) is 179 Å². The molecular formula is C40H34N5+. The molecule has 0 atom stereocenters. The Balaban J connectivity index is 1.35. The Morgan fingerprint density at radius 2 is 1.29 bits per heavy atom. The van der Waals surface area contributed by atoms with Crippen LogP contribution >= 0.6 is 0 Å². The van der Waals surface area contributed by atoms with Crippen LogP contribution in [0, 0.1) is 0 Å². The first kappa shape index (κ1) is 26.9. The number of hydrogen-bond donors (Lipinski definition) is 0. The van der Waals surface area contributed by atoms with Gasteiger partial charge in [0.15, 0.2) is 17.4 Å². The van der Waals surface area contributed by atoms with Gasteiger partial charge in [-0.05, 0) is 78.2 Å². The van der Waals surface area contributed by atoms with Crippen molar-refractivity contribution in [3.05, 3.63) is 152 Å². The SMILES string of the molecule is CC(C)c1ccnc(-n2c3ccccc3c3ccc(N(c4ccccc4)c4cccc(-n5[cH+]n(C)c6ccccc65)c4)cc32)c1. The lowest BCUT2D eigenvalue weighted by atomic mass is 10.1. The summed E-state index contributed by atoms with van der Waals surface area (Å²) in [6, 6.07) is 47.7. The fourth-order valence-corrected chi connectivity index (χ4v) is 6.54. The molecule has 218 valence electrons. The van der Waals surface area contributed by atoms with Crippen LogP contribution in [0.1, 0.15) is 25.3 Å². The van der Waals surface area contributed by atoms with Gasteiger partial charge in [0, 0.05) is 59.7 Å². The number of para-hydroxylation sites is 4. The zero-order valence-corrected chi connectivity index (χ0v) is 25.7. The van der Waals surface area contributed by atoms with Crippen molar-refractivity contribution < 1.29 is 0 Å². The zero-order chi connectivity index (χ0) is 30.5. The average Bonchev–Trinajstić information content (AvgIpc) is 3.60. The lowest BCUT2D eigenvalue weighted by Crippen LogP contribution is -2.10. The first-order valence-electron chi connectivity index (χ1n) is 15.5. The van der Waals surface area contributed by atoms with E-state index in [0.717, 1.165) is 39.6 Å². The van der Waals surface area contributed by atoms with Crippen molar-refractivity contribution in [3.63, 3.8) is 0 Å². The van der Waals surface area contributed by atoms with E-state index in [0.29, 0.717) is 5.92 Å². The van der Waals surface area contributed by atoms with Crippen LogP contribution in [0.2, 0.25) is 0 Å². The Morgan fingerprint density at radius 3 is 2.11 bits per heavy atom. The van der Waals surface area contributed by atoms with E-state index in [9.17, 15) is 0 Å². The Hall–Kier alpha value is -5.68. The minimum Gasteiger partial charge on any atom is -0.309 e. The molecule has 45 heavy (non-hydrogen) atoms. The van der Waals surface area contributed by atoms with E-state index in [-0.39, 0.29) is 0 Å². The first-order chi connectivity index (χ1) is 22.1. The maximum atomic E-state index is 4.87. The molecule has 0 aliphatic heterocycles. The number of nitrogens with zero attached hydrogens (tertiary/aromatic N) is 5. The van der Waals surface area contributed by atoms with E-state index in [4.69, 9.17) is 4.98 Å². The quantitative estimate of drug-likeness (QED) is 0.182. The van der Waals surface area contributed by atoms with Gasteiger partial charge in [-0.1, -0.05) is 56.3 Å². The topological polar surface area (TPSA) is 30.9 Å². The summed E-state index contributed by atoms with van der Waals surface area (Å²) in [5, 5.41) is 2.43. The van der Waals surface area contributed by atoms with Gasteiger partial charge in [-0.25, -0.2) is 9.55 Å². The van der Waals surface area contributed by atoms with Crippen molar-refractivity contribution in [1.29, 1.82) is 0 Å². The predicted molar refractivity (Wildman–Crippen MR) is 188 cm³/mol. The maximum absolute atomic E-state index is 4.87. The summed E-state index contributed by atoms with van der Waals surface area (Å²) in [4.78, 5) is 7.21. The molecule has 8 aromatic rings. The smallest absolute Gasteiger partial charge is 0.191 e. The summed E-state index contributed by atoms with van der Waals surface area (Å²) >= 11 is 0. The van der Waals surface area contributed by atoms with Gasteiger partial charge in [-0.2, -0.15) is 4.57 Å². The van der Waals surface area contributed by atoms with E-state index in [1.807, 2.05) is 6.20 Å². The number of rotatable bonds is 6. The van der Waals surface area contributed by atoms with Crippen molar-refractivity contribution in [2.75, 3.05) is 4.90 Å². The van der Waals surface area contributed by atoms with Crippen molar-refractivity contribution >= 4 is 49.9 Å². The summed E-state index contributed by atoms with van der Waals surface area (Å²) in [6.45, 7) is 4.46. The van der Waals surface area contributed by atoms with Gasteiger partial charge in [0.2, 0.25) is 0 Å². The Kier molecular flexibility index (Phi) is 6.45. The molecule has 0 aliphatic carbocycles. The Morgan fingerprint density at radius 1 is 0.600 bits per heavy atom. The Labute approximate surface area is 262 Å². The van der Waals surface area contributed by atoms with Gasteiger partial charge in [-0.3, -0.25) is 4.57 Å². The summed E-state index contributed by atoms with van der Waals surface area (Å²) in [5.74, 6) is 1.35. The van der Waals surface area contributed by atoms with Crippen LogP contribution in [0.15, 0.2) is 146 Å². The molecule has 0 saturated carbocycles. The number of imidazole rings is 1. The highest BCUT2D eigenvalue weighted by molar-refractivity contribution is 6.10. The first-order valence-corrected chi connectivity index (χ1v) is 15.5. The molecule has 0 N–H and O–H groups in total. The molecule has 8 rings (SSSR count). The lowest BCUT2D eigenvalue weighted by Gasteiger charge is -2.25. The normalized spacial score (nSPS) is 11.6. The van der Waals surface area contributed by atoms with Gasteiger partial charge in [0.25, 0.3) is 0 Å². The van der Waals surface area contributed by atoms with Crippen LogP contribution in [-0.4, -0.2) is 18.7 Å². The summed E-state index contributed by atoms with van der Waals surface area (Å²) in [7, 11) is 2.10. The number of aromatic nitrogens is 4. The molecule has 0 amide bonds. The minimum absolute atomic E-state index is 0.413. The fourth-order valence-electron chi connectivity index (χ4n) is 6.54. The molecule has 5 nitrogen and oxygen atoms in total. The third kappa shape index (κ3) is 4.56.